The Morgan fingerprint density at radius 2 is 1.85 bits per heavy atom. The first-order valence-corrected chi connectivity index (χ1v) is 5.18. The summed E-state index contributed by atoms with van der Waals surface area (Å²) in [6.45, 7) is 6.23. The third kappa shape index (κ3) is 2.93. The lowest BCUT2D eigenvalue weighted by atomic mass is 9.96. The number of aliphatic hydroxyl groups excluding tert-OH is 2. The van der Waals surface area contributed by atoms with Crippen molar-refractivity contribution in [2.24, 2.45) is 5.92 Å². The van der Waals surface area contributed by atoms with Crippen LogP contribution in [-0.2, 0) is 0 Å². The van der Waals surface area contributed by atoms with Crippen LogP contribution in [0.2, 0.25) is 0 Å². The van der Waals surface area contributed by atoms with Gasteiger partial charge in [0.15, 0.2) is 0 Å². The number of hydrogen-bond donors (Lipinski definition) is 2. The summed E-state index contributed by atoms with van der Waals surface area (Å²) in [5, 5.41) is 18.4. The van der Waals surface area contributed by atoms with Gasteiger partial charge in [-0.2, -0.15) is 0 Å². The number of piperidine rings is 1. The Hall–Kier alpha value is -0.120. The highest BCUT2D eigenvalue weighted by Crippen LogP contribution is 2.19. The van der Waals surface area contributed by atoms with Crippen molar-refractivity contribution in [2.45, 2.75) is 38.8 Å². The van der Waals surface area contributed by atoms with Crippen molar-refractivity contribution in [3.63, 3.8) is 0 Å². The zero-order valence-electron chi connectivity index (χ0n) is 8.61. The van der Waals surface area contributed by atoms with Gasteiger partial charge in [0, 0.05) is 12.6 Å². The second-order valence-corrected chi connectivity index (χ2v) is 4.14. The molecule has 0 radical (unpaired) electrons. The van der Waals surface area contributed by atoms with E-state index in [1.54, 1.807) is 0 Å². The number of hydrogen-bond acceptors (Lipinski definition) is 3. The van der Waals surface area contributed by atoms with E-state index in [-0.39, 0.29) is 12.1 Å². The summed E-state index contributed by atoms with van der Waals surface area (Å²) in [6, 6.07) is 0.250. The molecule has 2 unspecified atom stereocenters. The molecule has 2 atom stereocenters. The molecule has 0 spiro atoms. The third-order valence-electron chi connectivity index (χ3n) is 3.18. The van der Waals surface area contributed by atoms with E-state index in [9.17, 15) is 5.11 Å². The summed E-state index contributed by atoms with van der Waals surface area (Å²) >= 11 is 0. The summed E-state index contributed by atoms with van der Waals surface area (Å²) in [7, 11) is 0. The van der Waals surface area contributed by atoms with Crippen LogP contribution in [0.4, 0.5) is 0 Å². The summed E-state index contributed by atoms with van der Waals surface area (Å²) in [5.41, 5.74) is 0. The minimum absolute atomic E-state index is 0.250. The molecule has 1 rings (SSSR count). The van der Waals surface area contributed by atoms with E-state index in [1.165, 1.54) is 0 Å². The van der Waals surface area contributed by atoms with Gasteiger partial charge in [-0.25, -0.2) is 0 Å². The molecule has 1 aliphatic rings. The van der Waals surface area contributed by atoms with E-state index < -0.39 is 0 Å². The zero-order valence-corrected chi connectivity index (χ0v) is 8.61. The number of aliphatic hydroxyl groups is 2. The quantitative estimate of drug-likeness (QED) is 0.674. The van der Waals surface area contributed by atoms with Crippen molar-refractivity contribution in [3.8, 4) is 0 Å². The van der Waals surface area contributed by atoms with Gasteiger partial charge in [-0.3, -0.25) is 4.90 Å². The predicted octanol–water partition coefficient (Wildman–Crippen LogP) is 0.460. The minimum Gasteiger partial charge on any atom is -0.396 e. The Morgan fingerprint density at radius 3 is 2.23 bits per heavy atom. The maximum absolute atomic E-state index is 9.41. The molecule has 78 valence electrons. The van der Waals surface area contributed by atoms with Crippen molar-refractivity contribution >= 4 is 0 Å². The smallest absolute Gasteiger partial charge is 0.0664 e. The zero-order chi connectivity index (χ0) is 9.84. The van der Waals surface area contributed by atoms with E-state index in [2.05, 4.69) is 11.8 Å². The maximum Gasteiger partial charge on any atom is 0.0664 e. The van der Waals surface area contributed by atoms with Gasteiger partial charge in [0.25, 0.3) is 0 Å². The fraction of sp³-hybridized carbons (Fsp3) is 1.00. The molecule has 13 heavy (non-hydrogen) atoms. The van der Waals surface area contributed by atoms with Gasteiger partial charge in [-0.1, -0.05) is 0 Å². The number of rotatable bonds is 3. The van der Waals surface area contributed by atoms with Crippen molar-refractivity contribution in [1.82, 2.24) is 4.90 Å². The Morgan fingerprint density at radius 1 is 1.31 bits per heavy atom. The van der Waals surface area contributed by atoms with E-state index in [1.807, 2.05) is 6.92 Å². The summed E-state index contributed by atoms with van der Waals surface area (Å²) in [4.78, 5) is 2.30. The average molecular weight is 187 g/mol. The van der Waals surface area contributed by atoms with Gasteiger partial charge in [0.1, 0.15) is 0 Å². The van der Waals surface area contributed by atoms with Crippen LogP contribution in [0.15, 0.2) is 0 Å². The highest BCUT2D eigenvalue weighted by Gasteiger charge is 2.24. The van der Waals surface area contributed by atoms with Crippen LogP contribution in [0.25, 0.3) is 0 Å². The molecule has 0 aromatic carbocycles. The van der Waals surface area contributed by atoms with Gasteiger partial charge in [0.2, 0.25) is 0 Å². The molecule has 3 heteroatoms. The first-order valence-electron chi connectivity index (χ1n) is 5.18. The SMILES string of the molecule is CC(O)C(C)N1CCC(CO)CC1. The monoisotopic (exact) mass is 187 g/mol. The molecule has 0 aromatic heterocycles. The van der Waals surface area contributed by atoms with Gasteiger partial charge in [-0.05, 0) is 45.7 Å². The van der Waals surface area contributed by atoms with Crippen molar-refractivity contribution in [2.75, 3.05) is 19.7 Å². The summed E-state index contributed by atoms with van der Waals surface area (Å²) in [6.07, 6.45) is 1.87. The maximum atomic E-state index is 9.41. The largest absolute Gasteiger partial charge is 0.396 e. The van der Waals surface area contributed by atoms with Crippen LogP contribution in [0.1, 0.15) is 26.7 Å². The molecular formula is C10H21NO2. The van der Waals surface area contributed by atoms with E-state index in [0.29, 0.717) is 12.5 Å². The third-order valence-corrected chi connectivity index (χ3v) is 3.18. The van der Waals surface area contributed by atoms with Gasteiger partial charge in [0.05, 0.1) is 6.10 Å². The number of likely N-dealkylation sites (tertiary alicyclic amines) is 1. The fourth-order valence-electron chi connectivity index (χ4n) is 1.85. The first-order chi connectivity index (χ1) is 6.15. The Labute approximate surface area is 80.4 Å². The Kier molecular flexibility index (Phi) is 4.16. The van der Waals surface area contributed by atoms with E-state index in [4.69, 9.17) is 5.11 Å². The first kappa shape index (κ1) is 11.0. The van der Waals surface area contributed by atoms with Crippen LogP contribution in [-0.4, -0.2) is 47.0 Å². The lowest BCUT2D eigenvalue weighted by molar-refractivity contribution is 0.0395. The minimum atomic E-state index is -0.259. The lowest BCUT2D eigenvalue weighted by Gasteiger charge is -2.36. The molecule has 2 N–H and O–H groups in total. The van der Waals surface area contributed by atoms with Crippen LogP contribution < -0.4 is 0 Å². The molecule has 0 bridgehead atoms. The standard InChI is InChI=1S/C10H21NO2/c1-8(9(2)13)11-5-3-10(7-12)4-6-11/h8-10,12-13H,3-7H2,1-2H3. The second-order valence-electron chi connectivity index (χ2n) is 4.14. The molecule has 3 nitrogen and oxygen atoms in total. The lowest BCUT2D eigenvalue weighted by Crippen LogP contribution is -2.45. The average Bonchev–Trinajstić information content (AvgIpc) is 2.17. The van der Waals surface area contributed by atoms with E-state index >= 15 is 0 Å². The Bertz CT molecular complexity index is 142. The predicted molar refractivity (Wildman–Crippen MR) is 52.5 cm³/mol. The molecule has 0 aliphatic carbocycles. The molecule has 1 heterocycles. The topological polar surface area (TPSA) is 43.7 Å². The van der Waals surface area contributed by atoms with Crippen molar-refractivity contribution in [1.29, 1.82) is 0 Å². The van der Waals surface area contributed by atoms with Gasteiger partial charge >= 0.3 is 0 Å². The highest BCUT2D eigenvalue weighted by molar-refractivity contribution is 4.78. The van der Waals surface area contributed by atoms with Crippen molar-refractivity contribution in [3.05, 3.63) is 0 Å². The Balaban J connectivity index is 2.32. The molecular weight excluding hydrogens is 166 g/mol. The van der Waals surface area contributed by atoms with Crippen LogP contribution in [0.3, 0.4) is 0 Å². The molecule has 1 aliphatic heterocycles. The molecule has 1 saturated heterocycles. The van der Waals surface area contributed by atoms with Crippen LogP contribution >= 0.6 is 0 Å². The number of nitrogens with zero attached hydrogens (tertiary/aromatic N) is 1. The van der Waals surface area contributed by atoms with Gasteiger partial charge < -0.3 is 10.2 Å². The van der Waals surface area contributed by atoms with E-state index in [0.717, 1.165) is 25.9 Å². The molecule has 0 amide bonds. The highest BCUT2D eigenvalue weighted by atomic mass is 16.3. The second kappa shape index (κ2) is 4.94. The summed E-state index contributed by atoms with van der Waals surface area (Å²) in [5.74, 6) is 0.484. The fourth-order valence-corrected chi connectivity index (χ4v) is 1.85. The van der Waals surface area contributed by atoms with Crippen LogP contribution in [0, 0.1) is 5.92 Å². The summed E-state index contributed by atoms with van der Waals surface area (Å²) < 4.78 is 0. The molecule has 0 aromatic rings. The van der Waals surface area contributed by atoms with Crippen LogP contribution in [0.5, 0.6) is 0 Å². The van der Waals surface area contributed by atoms with Crippen molar-refractivity contribution < 1.29 is 10.2 Å². The van der Waals surface area contributed by atoms with Gasteiger partial charge in [-0.15, -0.1) is 0 Å². The normalized spacial score (nSPS) is 25.8. The molecule has 0 saturated carbocycles. The molecule has 1 fully saturated rings.